The summed E-state index contributed by atoms with van der Waals surface area (Å²) in [4.78, 5) is 10.8. The average molecular weight is 146 g/mol. The summed E-state index contributed by atoms with van der Waals surface area (Å²) in [5.74, 6) is 0. The van der Waals surface area contributed by atoms with Gasteiger partial charge in [0, 0.05) is 10.8 Å². The van der Waals surface area contributed by atoms with Gasteiger partial charge in [0.25, 0.3) is 0 Å². The maximum atomic E-state index is 10.8. The van der Waals surface area contributed by atoms with Crippen LogP contribution < -0.4 is 5.43 Å². The number of furan rings is 1. The molecule has 2 heteroatoms. The van der Waals surface area contributed by atoms with Crippen molar-refractivity contribution in [1.29, 1.82) is 0 Å². The molecule has 2 nitrogen and oxygen atoms in total. The average Bonchev–Trinajstić information content (AvgIpc) is 2.38. The first-order valence-electron chi connectivity index (χ1n) is 3.32. The number of hydrogen-bond donors (Lipinski definition) is 0. The van der Waals surface area contributed by atoms with E-state index in [1.54, 1.807) is 24.7 Å². The van der Waals surface area contributed by atoms with Gasteiger partial charge in [-0.3, -0.25) is 4.79 Å². The van der Waals surface area contributed by atoms with Crippen molar-refractivity contribution >= 4 is 10.8 Å². The van der Waals surface area contributed by atoms with Gasteiger partial charge in [-0.15, -0.1) is 0 Å². The second-order valence-corrected chi connectivity index (χ2v) is 2.35. The molecule has 1 aromatic carbocycles. The van der Waals surface area contributed by atoms with E-state index in [1.807, 2.05) is 0 Å². The van der Waals surface area contributed by atoms with E-state index >= 15 is 0 Å². The van der Waals surface area contributed by atoms with Crippen molar-refractivity contribution in [3.63, 3.8) is 0 Å². The fraction of sp³-hybridized carbons (Fsp3) is 0. The minimum absolute atomic E-state index is 0.0150. The second kappa shape index (κ2) is 2.23. The van der Waals surface area contributed by atoms with Crippen molar-refractivity contribution in [2.24, 2.45) is 0 Å². The lowest BCUT2D eigenvalue weighted by Crippen LogP contribution is -1.87. The molecule has 0 saturated heterocycles. The molecule has 2 rings (SSSR count). The second-order valence-electron chi connectivity index (χ2n) is 2.35. The van der Waals surface area contributed by atoms with Crippen LogP contribution in [0.5, 0.6) is 0 Å². The summed E-state index contributed by atoms with van der Waals surface area (Å²) in [5, 5.41) is 1.90. The molecular weight excluding hydrogens is 140 g/mol. The van der Waals surface area contributed by atoms with Gasteiger partial charge < -0.3 is 4.42 Å². The zero-order chi connectivity index (χ0) is 7.68. The van der Waals surface area contributed by atoms with Gasteiger partial charge >= 0.3 is 0 Å². The molecule has 0 aliphatic carbocycles. The lowest BCUT2D eigenvalue weighted by atomic mass is 10.3. The van der Waals surface area contributed by atoms with Crippen molar-refractivity contribution < 1.29 is 4.42 Å². The first kappa shape index (κ1) is 6.16. The molecule has 0 amide bonds. The van der Waals surface area contributed by atoms with Crippen LogP contribution in [-0.4, -0.2) is 0 Å². The lowest BCUT2D eigenvalue weighted by molar-refractivity contribution is 0.572. The van der Waals surface area contributed by atoms with Gasteiger partial charge in [-0.05, 0) is 24.3 Å². The fourth-order valence-electron chi connectivity index (χ4n) is 0.987. The summed E-state index contributed by atoms with van der Waals surface area (Å²) in [6, 6.07) is 6.55. The van der Waals surface area contributed by atoms with Crippen LogP contribution >= 0.6 is 0 Å². The molecule has 1 aromatic heterocycles. The Hall–Kier alpha value is -1.57. The third kappa shape index (κ3) is 1.03. The van der Waals surface area contributed by atoms with Crippen LogP contribution in [0.1, 0.15) is 0 Å². The quantitative estimate of drug-likeness (QED) is 0.567. The first-order chi connectivity index (χ1) is 5.36. The van der Waals surface area contributed by atoms with Crippen LogP contribution in [0.25, 0.3) is 10.8 Å². The Morgan fingerprint density at radius 1 is 0.909 bits per heavy atom. The molecule has 11 heavy (non-hydrogen) atoms. The van der Waals surface area contributed by atoms with Crippen LogP contribution in [-0.2, 0) is 0 Å². The maximum Gasteiger partial charge on any atom is 0.178 e. The summed E-state index contributed by atoms with van der Waals surface area (Å²) in [6.07, 6.45) is 3.24. The summed E-state index contributed by atoms with van der Waals surface area (Å²) < 4.78 is 4.94. The normalized spacial score (nSPS) is 10.2. The number of rotatable bonds is 0. The van der Waals surface area contributed by atoms with Crippen molar-refractivity contribution in [2.75, 3.05) is 0 Å². The third-order valence-corrected chi connectivity index (χ3v) is 1.58. The predicted molar refractivity (Wildman–Crippen MR) is 42.5 cm³/mol. The van der Waals surface area contributed by atoms with E-state index in [4.69, 9.17) is 4.42 Å². The Morgan fingerprint density at radius 3 is 2.00 bits per heavy atom. The molecule has 0 saturated carbocycles. The van der Waals surface area contributed by atoms with Gasteiger partial charge in [0.15, 0.2) is 5.43 Å². The van der Waals surface area contributed by atoms with Crippen LogP contribution in [0.3, 0.4) is 0 Å². The summed E-state index contributed by atoms with van der Waals surface area (Å²) >= 11 is 0. The monoisotopic (exact) mass is 146 g/mol. The van der Waals surface area contributed by atoms with Gasteiger partial charge in [-0.2, -0.15) is 0 Å². The van der Waals surface area contributed by atoms with Gasteiger partial charge in [0.05, 0.1) is 12.5 Å². The minimum atomic E-state index is 0.0150. The van der Waals surface area contributed by atoms with Crippen molar-refractivity contribution in [1.82, 2.24) is 0 Å². The Labute approximate surface area is 63.1 Å². The predicted octanol–water partition coefficient (Wildman–Crippen LogP) is 1.79. The van der Waals surface area contributed by atoms with Crippen LogP contribution in [0.4, 0.5) is 0 Å². The van der Waals surface area contributed by atoms with Gasteiger partial charge in [-0.25, -0.2) is 0 Å². The van der Waals surface area contributed by atoms with Crippen molar-refractivity contribution in [3.05, 3.63) is 47.0 Å². The molecule has 0 unspecified atom stereocenters. The highest BCUT2D eigenvalue weighted by molar-refractivity contribution is 5.79. The molecule has 0 aliphatic rings. The molecular formula is C9H6O2. The summed E-state index contributed by atoms with van der Waals surface area (Å²) in [5.41, 5.74) is 0.0150. The van der Waals surface area contributed by atoms with E-state index < -0.39 is 0 Å². The first-order valence-corrected chi connectivity index (χ1v) is 3.32. The van der Waals surface area contributed by atoms with E-state index in [9.17, 15) is 4.79 Å². The Morgan fingerprint density at radius 2 is 1.45 bits per heavy atom. The molecule has 54 valence electrons. The molecule has 0 spiro atoms. The maximum absolute atomic E-state index is 10.8. The molecule has 0 aliphatic heterocycles. The highest BCUT2D eigenvalue weighted by Crippen LogP contribution is 2.10. The summed E-state index contributed by atoms with van der Waals surface area (Å²) in [6.45, 7) is 0. The van der Waals surface area contributed by atoms with E-state index in [0.717, 1.165) is 10.8 Å². The molecule has 0 N–H and O–H groups in total. The standard InChI is InChI=1S/C9H6O2/c10-9-3-1-7-5-11-6-8(7)2-4-9/h1-6H. The van der Waals surface area contributed by atoms with E-state index in [2.05, 4.69) is 0 Å². The highest BCUT2D eigenvalue weighted by atomic mass is 16.3. The minimum Gasteiger partial charge on any atom is -0.471 e. The van der Waals surface area contributed by atoms with Gasteiger partial charge in [-0.1, -0.05) is 0 Å². The van der Waals surface area contributed by atoms with Crippen LogP contribution in [0, 0.1) is 0 Å². The Bertz CT molecular complexity index is 392. The van der Waals surface area contributed by atoms with Crippen molar-refractivity contribution in [3.8, 4) is 0 Å². The lowest BCUT2D eigenvalue weighted by Gasteiger charge is -1.70. The smallest absolute Gasteiger partial charge is 0.178 e. The number of hydrogen-bond acceptors (Lipinski definition) is 2. The largest absolute Gasteiger partial charge is 0.471 e. The molecule has 0 atom stereocenters. The molecule has 2 aromatic rings. The zero-order valence-corrected chi connectivity index (χ0v) is 5.78. The molecule has 1 heterocycles. The molecule has 0 radical (unpaired) electrons. The number of fused-ring (bicyclic) bond motifs is 1. The van der Waals surface area contributed by atoms with E-state index in [0.29, 0.717) is 0 Å². The van der Waals surface area contributed by atoms with Gasteiger partial charge in [0.1, 0.15) is 0 Å². The zero-order valence-electron chi connectivity index (χ0n) is 5.78. The third-order valence-electron chi connectivity index (χ3n) is 1.58. The fourth-order valence-corrected chi connectivity index (χ4v) is 0.987. The topological polar surface area (TPSA) is 30.2 Å². The van der Waals surface area contributed by atoms with E-state index in [-0.39, 0.29) is 5.43 Å². The van der Waals surface area contributed by atoms with Gasteiger partial charge in [0.2, 0.25) is 0 Å². The molecule has 0 fully saturated rings. The summed E-state index contributed by atoms with van der Waals surface area (Å²) in [7, 11) is 0. The Balaban J connectivity index is 2.96. The Kier molecular flexibility index (Phi) is 1.25. The van der Waals surface area contributed by atoms with Crippen LogP contribution in [0.2, 0.25) is 0 Å². The van der Waals surface area contributed by atoms with Crippen LogP contribution in [0.15, 0.2) is 46.0 Å². The van der Waals surface area contributed by atoms with Crippen molar-refractivity contribution in [2.45, 2.75) is 0 Å². The van der Waals surface area contributed by atoms with E-state index in [1.165, 1.54) is 12.1 Å². The molecule has 0 bridgehead atoms. The SMILES string of the molecule is O=c1ccc2cocc2cc1. The highest BCUT2D eigenvalue weighted by Gasteiger charge is 1.90.